The van der Waals surface area contributed by atoms with Crippen LogP contribution >= 0.6 is 15.6 Å². The lowest BCUT2D eigenvalue weighted by atomic mass is 10.0. The van der Waals surface area contributed by atoms with Crippen LogP contribution in [0.15, 0.2) is 0 Å². The maximum Gasteiger partial charge on any atom is 0.472 e. The molecule has 0 aromatic heterocycles. The number of phosphoric acid groups is 2. The van der Waals surface area contributed by atoms with E-state index < -0.39 is 104 Å². The molecule has 22 heteroatoms. The zero-order valence-corrected chi connectivity index (χ0v) is 64.6. The van der Waals surface area contributed by atoms with Gasteiger partial charge in [-0.15, -0.1) is 0 Å². The number of carbonyl (C=O) groups is 4. The van der Waals surface area contributed by atoms with Gasteiger partial charge in [-0.3, -0.25) is 37.3 Å². The average Bonchev–Trinajstić information content (AvgIpc) is 1.07. The van der Waals surface area contributed by atoms with Crippen molar-refractivity contribution < 1.29 is 95.6 Å². The molecule has 0 fully saturated rings. The van der Waals surface area contributed by atoms with E-state index in [9.17, 15) is 48.3 Å². The third kappa shape index (κ3) is 75.1. The molecular formula is C76H150O20P2. The summed E-state index contributed by atoms with van der Waals surface area (Å²) in [6.07, 6.45) is 58.4. The number of phosphoric ester groups is 2. The van der Waals surface area contributed by atoms with Gasteiger partial charge >= 0.3 is 39.5 Å². The summed E-state index contributed by atoms with van der Waals surface area (Å²) in [5.41, 5.74) is 0. The number of carbonyl (C=O) groups excluding carboxylic acids is 4. The van der Waals surface area contributed by atoms with Gasteiger partial charge in [-0.2, -0.15) is 0 Å². The summed E-state index contributed by atoms with van der Waals surface area (Å²) < 4.78 is 65.2. The first-order valence-corrected chi connectivity index (χ1v) is 43.0. The predicted octanol–water partition coefficient (Wildman–Crippen LogP) is 19.8. The number of aliphatic hydroxyl groups excluding tert-OH is 4. The molecule has 0 aliphatic carbocycles. The zero-order chi connectivity index (χ0) is 72.5. The van der Waals surface area contributed by atoms with Crippen molar-refractivity contribution >= 4 is 39.5 Å². The molecule has 20 nitrogen and oxygen atoms in total. The highest BCUT2D eigenvalue weighted by molar-refractivity contribution is 7.47. The normalized spacial score (nSPS) is 14.0. The van der Waals surface area contributed by atoms with Crippen LogP contribution in [0.4, 0.5) is 0 Å². The second kappa shape index (κ2) is 74.7. The minimum atomic E-state index is -4.60. The molecule has 0 heterocycles. The van der Waals surface area contributed by atoms with Crippen molar-refractivity contribution in [1.29, 1.82) is 0 Å². The fourth-order valence-corrected chi connectivity index (χ4v) is 12.9. The second-order valence-corrected chi connectivity index (χ2v) is 30.3. The summed E-state index contributed by atoms with van der Waals surface area (Å²) in [5, 5.41) is 36.5. The Hall–Kier alpha value is -2.06. The highest BCUT2D eigenvalue weighted by atomic mass is 31.2. The van der Waals surface area contributed by atoms with Gasteiger partial charge in [0.25, 0.3) is 0 Å². The van der Waals surface area contributed by atoms with Gasteiger partial charge in [0, 0.05) is 25.7 Å². The van der Waals surface area contributed by atoms with E-state index >= 15 is 0 Å². The molecule has 6 atom stereocenters. The number of hydrogen-bond donors (Lipinski definition) is 6. The summed E-state index contributed by atoms with van der Waals surface area (Å²) in [7, 11) is -9.20. The first kappa shape index (κ1) is 98.0. The van der Waals surface area contributed by atoms with Gasteiger partial charge in [-0.05, 0) is 25.7 Å². The Kier molecular flexibility index (Phi) is 74.6. The van der Waals surface area contributed by atoms with Crippen molar-refractivity contribution in [2.45, 2.75) is 412 Å². The first-order valence-electron chi connectivity index (χ1n) is 40.0. The fourth-order valence-electron chi connectivity index (χ4n) is 11.3. The van der Waals surface area contributed by atoms with Gasteiger partial charge in [0.2, 0.25) is 0 Å². The summed E-state index contributed by atoms with van der Waals surface area (Å²) in [4.78, 5) is 69.7. The van der Waals surface area contributed by atoms with Crippen LogP contribution < -0.4 is 0 Å². The molecule has 0 spiro atoms. The Morgan fingerprint density at radius 2 is 0.439 bits per heavy atom. The summed E-state index contributed by atoms with van der Waals surface area (Å²) >= 11 is 0. The molecule has 4 unspecified atom stereocenters. The molecule has 0 radical (unpaired) electrons. The van der Waals surface area contributed by atoms with Crippen molar-refractivity contribution in [3.63, 3.8) is 0 Å². The summed E-state index contributed by atoms with van der Waals surface area (Å²) in [6, 6.07) is 0. The molecule has 6 N–H and O–H groups in total. The molecule has 0 rings (SSSR count). The molecular weight excluding hydrogens is 1290 g/mol. The molecule has 0 amide bonds. The van der Waals surface area contributed by atoms with Gasteiger partial charge < -0.3 is 49.2 Å². The maximum atomic E-state index is 12.5. The molecule has 0 aromatic carbocycles. The molecule has 0 bridgehead atoms. The first-order chi connectivity index (χ1) is 47.5. The highest BCUT2D eigenvalue weighted by Crippen LogP contribution is 2.44. The van der Waals surface area contributed by atoms with E-state index in [1.165, 1.54) is 231 Å². The van der Waals surface area contributed by atoms with Gasteiger partial charge in [-0.1, -0.05) is 336 Å². The van der Waals surface area contributed by atoms with E-state index in [0.717, 1.165) is 77.0 Å². The van der Waals surface area contributed by atoms with E-state index in [1.807, 2.05) is 0 Å². The third-order valence-electron chi connectivity index (χ3n) is 17.5. The molecule has 0 aromatic rings. The van der Waals surface area contributed by atoms with Crippen molar-refractivity contribution in [2.75, 3.05) is 52.9 Å². The Morgan fingerprint density at radius 1 is 0.265 bits per heavy atom. The quantitative estimate of drug-likeness (QED) is 0.0143. The smallest absolute Gasteiger partial charge is 0.462 e. The minimum absolute atomic E-state index is 0.192. The molecule has 0 aliphatic heterocycles. The van der Waals surface area contributed by atoms with Crippen LogP contribution in [0.25, 0.3) is 0 Å². The lowest BCUT2D eigenvalue weighted by Crippen LogP contribution is -2.29. The van der Waals surface area contributed by atoms with E-state index in [0.29, 0.717) is 25.7 Å². The van der Waals surface area contributed by atoms with Crippen molar-refractivity contribution in [2.24, 2.45) is 0 Å². The summed E-state index contributed by atoms with van der Waals surface area (Å²) in [6.45, 7) is 4.78. The van der Waals surface area contributed by atoms with E-state index in [1.54, 1.807) is 0 Å². The van der Waals surface area contributed by atoms with Crippen molar-refractivity contribution in [3.05, 3.63) is 0 Å². The van der Waals surface area contributed by atoms with Crippen LogP contribution in [0.1, 0.15) is 387 Å². The SMILES string of the molecule is CCCCCCCCCCCCCCCC(=O)OC[C@H](COP(=O)(O)OCC(O)CO)OC(=O)CCCCCCCCCCCCCCC.CCCCCCCCCCCCCCCC(=O)OC[C@H](COP(=O)(O)OCC(O)CO)OC(=O)CCCCCCCCCCCCCCC. The fraction of sp³-hybridized carbons (Fsp3) is 0.947. The van der Waals surface area contributed by atoms with Crippen LogP contribution in [0, 0.1) is 0 Å². The van der Waals surface area contributed by atoms with Crippen LogP contribution in [-0.2, 0) is 65.4 Å². The van der Waals surface area contributed by atoms with Gasteiger partial charge in [0.15, 0.2) is 12.2 Å². The molecule has 0 saturated carbocycles. The highest BCUT2D eigenvalue weighted by Gasteiger charge is 2.29. The molecule has 0 saturated heterocycles. The molecule has 584 valence electrons. The Balaban J connectivity index is 0. The van der Waals surface area contributed by atoms with Crippen molar-refractivity contribution in [3.8, 4) is 0 Å². The zero-order valence-electron chi connectivity index (χ0n) is 62.9. The van der Waals surface area contributed by atoms with Crippen LogP contribution in [-0.4, -0.2) is 131 Å². The Morgan fingerprint density at radius 3 is 0.633 bits per heavy atom. The summed E-state index contributed by atoms with van der Waals surface area (Å²) in [5.74, 6) is -1.83. The molecule has 98 heavy (non-hydrogen) atoms. The van der Waals surface area contributed by atoms with E-state index in [2.05, 4.69) is 36.7 Å². The average molecular weight is 1450 g/mol. The van der Waals surface area contributed by atoms with E-state index in [-0.39, 0.29) is 38.9 Å². The number of hydrogen-bond acceptors (Lipinski definition) is 18. The number of unbranched alkanes of at least 4 members (excludes halogenated alkanes) is 48. The Bertz CT molecular complexity index is 1720. The minimum Gasteiger partial charge on any atom is -0.462 e. The van der Waals surface area contributed by atoms with Gasteiger partial charge in [-0.25, -0.2) is 9.13 Å². The standard InChI is InChI=1S/2C38H75O10P/c2*1-3-5-7-9-11-13-15-17-19-21-23-25-27-29-37(41)45-33-36(34-47-49(43,44)46-32-35(40)31-39)48-38(42)30-28-26-24-22-20-18-16-14-12-10-8-6-4-2/h2*35-36,39-40H,3-34H2,1-2H3,(H,43,44)/t2*35?,36-/m11/s1. The predicted molar refractivity (Wildman–Crippen MR) is 393 cm³/mol. The topological polar surface area (TPSA) is 298 Å². The number of aliphatic hydroxyl groups is 4. The lowest BCUT2D eigenvalue weighted by molar-refractivity contribution is -0.161. The number of rotatable bonds is 76. The largest absolute Gasteiger partial charge is 0.472 e. The van der Waals surface area contributed by atoms with Gasteiger partial charge in [0.1, 0.15) is 25.4 Å². The maximum absolute atomic E-state index is 12.5. The molecule has 0 aliphatic rings. The van der Waals surface area contributed by atoms with Crippen LogP contribution in [0.5, 0.6) is 0 Å². The number of ether oxygens (including phenoxy) is 4. The second-order valence-electron chi connectivity index (χ2n) is 27.4. The Labute approximate surface area is 597 Å². The van der Waals surface area contributed by atoms with Crippen LogP contribution in [0.2, 0.25) is 0 Å². The third-order valence-corrected chi connectivity index (χ3v) is 19.4. The van der Waals surface area contributed by atoms with E-state index in [4.69, 9.17) is 38.2 Å². The lowest BCUT2D eigenvalue weighted by Gasteiger charge is -2.20. The van der Waals surface area contributed by atoms with Crippen molar-refractivity contribution in [1.82, 2.24) is 0 Å². The van der Waals surface area contributed by atoms with Crippen LogP contribution in [0.3, 0.4) is 0 Å². The monoisotopic (exact) mass is 1450 g/mol. The van der Waals surface area contributed by atoms with Gasteiger partial charge in [0.05, 0.1) is 39.6 Å². The number of esters is 4.